The van der Waals surface area contributed by atoms with Gasteiger partial charge >= 0.3 is 0 Å². The molecule has 32 heavy (non-hydrogen) atoms. The molecule has 1 aromatic carbocycles. The van der Waals surface area contributed by atoms with Crippen molar-refractivity contribution in [2.45, 2.75) is 44.4 Å². The lowest BCUT2D eigenvalue weighted by atomic mass is 9.81. The Kier molecular flexibility index (Phi) is 7.38. The zero-order valence-electron chi connectivity index (χ0n) is 18.0. The smallest absolute Gasteiger partial charge is 0.151 e. The number of nitrogens with zero attached hydrogens (tertiary/aromatic N) is 3. The number of benzene rings is 1. The molecule has 0 N–H and O–H groups in total. The van der Waals surface area contributed by atoms with Gasteiger partial charge in [-0.25, -0.2) is 0 Å². The molecule has 2 fully saturated rings. The first-order valence-electron chi connectivity index (χ1n) is 10.8. The predicted octanol–water partition coefficient (Wildman–Crippen LogP) is 6.99. The van der Waals surface area contributed by atoms with Crippen molar-refractivity contribution in [2.75, 3.05) is 13.1 Å². The van der Waals surface area contributed by atoms with Crippen LogP contribution in [0.4, 0.5) is 0 Å². The Labute approximate surface area is 204 Å². The second-order valence-corrected chi connectivity index (χ2v) is 9.53. The third-order valence-corrected chi connectivity index (χ3v) is 6.75. The Bertz CT molecular complexity index is 1020. The van der Waals surface area contributed by atoms with E-state index < -0.39 is 0 Å². The normalized spacial score (nSPS) is 22.4. The van der Waals surface area contributed by atoms with Gasteiger partial charge in [-0.1, -0.05) is 59.6 Å². The van der Waals surface area contributed by atoms with E-state index in [1.165, 1.54) is 5.57 Å². The first-order chi connectivity index (χ1) is 15.4. The minimum Gasteiger partial charge on any atom is -0.358 e. The molecule has 1 atom stereocenters. The second kappa shape index (κ2) is 10.1. The maximum absolute atomic E-state index is 6.77. The standard InChI is InChI=1S/C25H26Cl3N3O/c1-3-4-5-6-22-17(2)24(18-13-19(26)15-20(27)14-18)32-25(22)9-11-31(12-10-25)16-21-7-8-23(28)30-29-21/h3-4,6-8,13-15,24H,2,5,9-12,16H2,1H3/b4-3-,22-6+. The van der Waals surface area contributed by atoms with Crippen molar-refractivity contribution in [3.8, 4) is 0 Å². The van der Waals surface area contributed by atoms with Crippen LogP contribution in [0.15, 0.2) is 66.3 Å². The van der Waals surface area contributed by atoms with Crippen LogP contribution in [0.5, 0.6) is 0 Å². The molecular formula is C25H26Cl3N3O. The van der Waals surface area contributed by atoms with E-state index >= 15 is 0 Å². The summed E-state index contributed by atoms with van der Waals surface area (Å²) in [4.78, 5) is 2.38. The molecule has 2 aliphatic rings. The number of hydrogen-bond donors (Lipinski definition) is 0. The Hall–Kier alpha value is -1.69. The molecule has 2 aromatic rings. The first-order valence-corrected chi connectivity index (χ1v) is 11.9. The molecule has 4 nitrogen and oxygen atoms in total. The zero-order valence-corrected chi connectivity index (χ0v) is 20.3. The maximum atomic E-state index is 6.77. The highest BCUT2D eigenvalue weighted by molar-refractivity contribution is 6.34. The van der Waals surface area contributed by atoms with E-state index in [0.717, 1.165) is 55.7 Å². The SMILES string of the molecule is C=C1/C(=C\C/C=C\C)C2(CCN(Cc3ccc(Cl)nn3)CC2)OC1c1cc(Cl)cc(Cl)c1. The van der Waals surface area contributed by atoms with Crippen molar-refractivity contribution in [3.05, 3.63) is 92.7 Å². The molecule has 1 spiro atoms. The van der Waals surface area contributed by atoms with Crippen molar-refractivity contribution >= 4 is 34.8 Å². The van der Waals surface area contributed by atoms with Gasteiger partial charge in [0, 0.05) is 29.7 Å². The lowest BCUT2D eigenvalue weighted by Gasteiger charge is -2.39. The van der Waals surface area contributed by atoms with E-state index in [9.17, 15) is 0 Å². The molecule has 2 saturated heterocycles. The lowest BCUT2D eigenvalue weighted by Crippen LogP contribution is -2.44. The number of halogens is 3. The highest BCUT2D eigenvalue weighted by Gasteiger charge is 2.48. The van der Waals surface area contributed by atoms with E-state index in [0.29, 0.717) is 15.2 Å². The van der Waals surface area contributed by atoms with E-state index in [1.54, 1.807) is 12.1 Å². The summed E-state index contributed by atoms with van der Waals surface area (Å²) in [6, 6.07) is 9.28. The highest BCUT2D eigenvalue weighted by atomic mass is 35.5. The summed E-state index contributed by atoms with van der Waals surface area (Å²) in [6.45, 7) is 8.98. The molecule has 0 radical (unpaired) electrons. The fraction of sp³-hybridized carbons (Fsp3) is 0.360. The van der Waals surface area contributed by atoms with Gasteiger partial charge in [0.1, 0.15) is 6.10 Å². The molecule has 0 saturated carbocycles. The molecule has 0 bridgehead atoms. The Balaban J connectivity index is 1.55. The van der Waals surface area contributed by atoms with Gasteiger partial charge in [0.05, 0.1) is 11.3 Å². The van der Waals surface area contributed by atoms with E-state index in [4.69, 9.17) is 39.5 Å². The van der Waals surface area contributed by atoms with Crippen LogP contribution in [-0.4, -0.2) is 33.8 Å². The number of allylic oxidation sites excluding steroid dienone is 3. The van der Waals surface area contributed by atoms with Gasteiger partial charge < -0.3 is 4.74 Å². The molecule has 4 rings (SSSR count). The molecular weight excluding hydrogens is 465 g/mol. The largest absolute Gasteiger partial charge is 0.358 e. The average Bonchev–Trinajstić information content (AvgIpc) is 3.03. The van der Waals surface area contributed by atoms with Gasteiger partial charge in [-0.2, -0.15) is 5.10 Å². The first kappa shape index (κ1) is 23.5. The second-order valence-electron chi connectivity index (χ2n) is 8.27. The summed E-state index contributed by atoms with van der Waals surface area (Å²) in [5.74, 6) is 0. The third kappa shape index (κ3) is 5.11. The Morgan fingerprint density at radius 3 is 2.47 bits per heavy atom. The fourth-order valence-corrected chi connectivity index (χ4v) is 5.19. The van der Waals surface area contributed by atoms with Gasteiger partial charge in [-0.15, -0.1) is 5.10 Å². The predicted molar refractivity (Wildman–Crippen MR) is 131 cm³/mol. The zero-order chi connectivity index (χ0) is 22.7. The summed E-state index contributed by atoms with van der Waals surface area (Å²) < 4.78 is 6.77. The van der Waals surface area contributed by atoms with Crippen molar-refractivity contribution in [1.82, 2.24) is 15.1 Å². The van der Waals surface area contributed by atoms with Crippen LogP contribution < -0.4 is 0 Å². The molecule has 1 unspecified atom stereocenters. The van der Waals surface area contributed by atoms with Gasteiger partial charge in [0.2, 0.25) is 0 Å². The number of piperidine rings is 1. The van der Waals surface area contributed by atoms with Crippen molar-refractivity contribution in [1.29, 1.82) is 0 Å². The van der Waals surface area contributed by atoms with Crippen LogP contribution in [-0.2, 0) is 11.3 Å². The molecule has 1 aromatic heterocycles. The van der Waals surface area contributed by atoms with E-state index in [2.05, 4.69) is 39.9 Å². The van der Waals surface area contributed by atoms with Crippen molar-refractivity contribution in [2.24, 2.45) is 0 Å². The molecule has 2 aliphatic heterocycles. The van der Waals surface area contributed by atoms with Crippen LogP contribution in [0, 0.1) is 0 Å². The minimum absolute atomic E-state index is 0.253. The van der Waals surface area contributed by atoms with E-state index in [1.807, 2.05) is 25.1 Å². The van der Waals surface area contributed by atoms with Gasteiger partial charge in [0.25, 0.3) is 0 Å². The van der Waals surface area contributed by atoms with Crippen LogP contribution in [0.3, 0.4) is 0 Å². The molecule has 0 aliphatic carbocycles. The number of hydrogen-bond acceptors (Lipinski definition) is 4. The van der Waals surface area contributed by atoms with Crippen molar-refractivity contribution in [3.63, 3.8) is 0 Å². The fourth-order valence-electron chi connectivity index (χ4n) is 4.55. The molecule has 168 valence electrons. The number of aromatic nitrogens is 2. The van der Waals surface area contributed by atoms with E-state index in [-0.39, 0.29) is 11.7 Å². The number of rotatable bonds is 5. The van der Waals surface area contributed by atoms with Gasteiger partial charge in [-0.05, 0) is 73.2 Å². The molecule has 3 heterocycles. The summed E-state index contributed by atoms with van der Waals surface area (Å²) in [5, 5.41) is 9.76. The summed E-state index contributed by atoms with van der Waals surface area (Å²) in [7, 11) is 0. The van der Waals surface area contributed by atoms with Crippen LogP contribution in [0.1, 0.15) is 43.5 Å². The topological polar surface area (TPSA) is 38.2 Å². The van der Waals surface area contributed by atoms with Crippen LogP contribution in [0.25, 0.3) is 0 Å². The average molecular weight is 491 g/mol. The summed E-state index contributed by atoms with van der Waals surface area (Å²) in [6.07, 6.45) is 8.81. The van der Waals surface area contributed by atoms with Gasteiger partial charge in [-0.3, -0.25) is 4.90 Å². The van der Waals surface area contributed by atoms with Crippen LogP contribution >= 0.6 is 34.8 Å². The monoisotopic (exact) mass is 489 g/mol. The maximum Gasteiger partial charge on any atom is 0.151 e. The molecule has 0 amide bonds. The Morgan fingerprint density at radius 1 is 1.12 bits per heavy atom. The summed E-state index contributed by atoms with van der Waals surface area (Å²) >= 11 is 18.4. The minimum atomic E-state index is -0.361. The Morgan fingerprint density at radius 2 is 1.84 bits per heavy atom. The van der Waals surface area contributed by atoms with Crippen LogP contribution in [0.2, 0.25) is 15.2 Å². The number of likely N-dealkylation sites (tertiary alicyclic amines) is 1. The number of ether oxygens (including phenoxy) is 1. The quantitative estimate of drug-likeness (QED) is 0.423. The van der Waals surface area contributed by atoms with Gasteiger partial charge in [0.15, 0.2) is 5.15 Å². The third-order valence-electron chi connectivity index (χ3n) is 6.11. The summed E-state index contributed by atoms with van der Waals surface area (Å²) in [5.41, 5.74) is 3.69. The molecule has 7 heteroatoms. The van der Waals surface area contributed by atoms with Crippen molar-refractivity contribution < 1.29 is 4.74 Å². The highest BCUT2D eigenvalue weighted by Crippen LogP contribution is 2.52. The lowest BCUT2D eigenvalue weighted by molar-refractivity contribution is -0.0614.